The molecule has 51 heavy (non-hydrogen) atoms. The van der Waals surface area contributed by atoms with Crippen LogP contribution >= 0.6 is 0 Å². The van der Waals surface area contributed by atoms with Crippen molar-refractivity contribution < 1.29 is 19.4 Å². The average Bonchev–Trinajstić information content (AvgIpc) is 3.57. The number of hydrogen-bond acceptors (Lipinski definition) is 6. The fraction of sp³-hybridized carbons (Fsp3) is 0.721. The predicted octanol–water partition coefficient (Wildman–Crippen LogP) is 8.16. The lowest BCUT2D eigenvalue weighted by Gasteiger charge is -2.71. The van der Waals surface area contributed by atoms with E-state index in [0.29, 0.717) is 61.0 Å². The van der Waals surface area contributed by atoms with E-state index in [0.717, 1.165) is 44.9 Å². The first-order chi connectivity index (χ1) is 24.2. The van der Waals surface area contributed by atoms with Crippen LogP contribution in [0.5, 0.6) is 0 Å². The highest BCUT2D eigenvalue weighted by Gasteiger charge is 2.69. The van der Waals surface area contributed by atoms with E-state index >= 15 is 0 Å². The van der Waals surface area contributed by atoms with Crippen LogP contribution < -0.4 is 5.32 Å². The van der Waals surface area contributed by atoms with Gasteiger partial charge in [-0.3, -0.25) is 14.3 Å². The topological polar surface area (TPSA) is 106 Å². The van der Waals surface area contributed by atoms with Crippen molar-refractivity contribution in [1.29, 1.82) is 0 Å². The minimum absolute atomic E-state index is 0.00284. The summed E-state index contributed by atoms with van der Waals surface area (Å²) in [6.45, 7) is 18.4. The highest BCUT2D eigenvalue weighted by Crippen LogP contribution is 2.75. The Balaban J connectivity index is 1.03. The van der Waals surface area contributed by atoms with E-state index < -0.39 is 5.41 Å². The molecular formula is C43H62N4O4. The van der Waals surface area contributed by atoms with Crippen LogP contribution in [0.1, 0.15) is 129 Å². The second-order valence-electron chi connectivity index (χ2n) is 18.7. The molecule has 278 valence electrons. The Morgan fingerprint density at radius 3 is 2.49 bits per heavy atom. The van der Waals surface area contributed by atoms with Crippen molar-refractivity contribution in [2.75, 3.05) is 6.61 Å². The lowest BCUT2D eigenvalue weighted by atomic mass is 9.33. The van der Waals surface area contributed by atoms with Gasteiger partial charge in [-0.25, -0.2) is 0 Å². The lowest BCUT2D eigenvalue weighted by Crippen LogP contribution is -2.65. The maximum Gasteiger partial charge on any atom is 0.312 e. The zero-order valence-electron chi connectivity index (χ0n) is 32.2. The quantitative estimate of drug-likeness (QED) is 0.164. The summed E-state index contributed by atoms with van der Waals surface area (Å²) in [5.74, 6) is 2.17. The van der Waals surface area contributed by atoms with Gasteiger partial charge in [-0.1, -0.05) is 83.5 Å². The summed E-state index contributed by atoms with van der Waals surface area (Å²) in [4.78, 5) is 26.8. The summed E-state index contributed by atoms with van der Waals surface area (Å²) in [7, 11) is 0. The fourth-order valence-corrected chi connectivity index (χ4v) is 12.8. The molecule has 1 unspecified atom stereocenters. The number of fused-ring (bicyclic) bond motifs is 7. The summed E-state index contributed by atoms with van der Waals surface area (Å²) in [5, 5.41) is 22.5. The number of amides is 1. The van der Waals surface area contributed by atoms with Crippen LogP contribution in [-0.2, 0) is 22.6 Å². The molecule has 2 aromatic rings. The maximum absolute atomic E-state index is 14.4. The van der Waals surface area contributed by atoms with Gasteiger partial charge in [0, 0.05) is 18.5 Å². The summed E-state index contributed by atoms with van der Waals surface area (Å²) >= 11 is 0. The molecule has 8 nitrogen and oxygen atoms in total. The molecule has 4 saturated carbocycles. The van der Waals surface area contributed by atoms with E-state index in [4.69, 9.17) is 4.74 Å². The number of carbonyl (C=O) groups excluding carboxylic acids is 2. The third kappa shape index (κ3) is 5.72. The van der Waals surface area contributed by atoms with Crippen molar-refractivity contribution in [1.82, 2.24) is 20.3 Å². The van der Waals surface area contributed by atoms with Gasteiger partial charge < -0.3 is 15.2 Å². The molecule has 5 aliphatic carbocycles. The van der Waals surface area contributed by atoms with Gasteiger partial charge in [0.15, 0.2) is 0 Å². The third-order valence-electron chi connectivity index (χ3n) is 16.2. The van der Waals surface area contributed by atoms with E-state index in [2.05, 4.69) is 70.2 Å². The molecule has 0 saturated heterocycles. The number of aromatic nitrogens is 3. The number of aliphatic hydroxyl groups excluding tert-OH is 1. The lowest BCUT2D eigenvalue weighted by molar-refractivity contribution is -0.207. The number of carbonyl (C=O) groups is 2. The summed E-state index contributed by atoms with van der Waals surface area (Å²) < 4.78 is 8.00. The number of nitrogens with zero attached hydrogens (tertiary/aromatic N) is 3. The number of esters is 1. The van der Waals surface area contributed by atoms with Gasteiger partial charge in [0.1, 0.15) is 5.69 Å². The summed E-state index contributed by atoms with van der Waals surface area (Å²) in [6.07, 6.45) is 14.3. The number of hydrogen-bond donors (Lipinski definition) is 2. The molecule has 2 N–H and O–H groups in total. The van der Waals surface area contributed by atoms with Gasteiger partial charge in [0.05, 0.1) is 30.9 Å². The zero-order valence-corrected chi connectivity index (χ0v) is 32.2. The molecule has 7 rings (SSSR count). The number of nitrogens with one attached hydrogen (secondary N) is 1. The first-order valence-electron chi connectivity index (χ1n) is 20.0. The Labute approximate surface area is 305 Å². The first kappa shape index (κ1) is 36.4. The van der Waals surface area contributed by atoms with Gasteiger partial charge in [-0.05, 0) is 121 Å². The molecule has 0 aliphatic heterocycles. The molecule has 0 spiro atoms. The standard InChI is InChI=1S/C43H62N4O4/c1-28-16-21-43(38(50)51-25-11-24-47-27-31(45-46-47)26-44-37(49)30-12-9-8-10-13-30)23-22-41(6)32(36(43)29(28)2)14-15-34-40(5)19-18-35(48)39(3,4)33(40)17-20-42(34,41)7/h8-10,12-14,27-29,33-36,48H,11,15-26H2,1-7H3,(H,44,49)/t28-,29+,33?,34-,35+,36+,40+,41-,42-,43+/m1/s1. The maximum atomic E-state index is 14.4. The molecule has 4 fully saturated rings. The van der Waals surface area contributed by atoms with Crippen LogP contribution in [-0.4, -0.2) is 44.7 Å². The van der Waals surface area contributed by atoms with Crippen LogP contribution in [0.2, 0.25) is 0 Å². The Morgan fingerprint density at radius 1 is 0.961 bits per heavy atom. The number of benzene rings is 1. The highest BCUT2D eigenvalue weighted by atomic mass is 16.5. The third-order valence-corrected chi connectivity index (χ3v) is 16.2. The van der Waals surface area contributed by atoms with Crippen molar-refractivity contribution >= 4 is 11.9 Å². The minimum Gasteiger partial charge on any atom is -0.465 e. The average molecular weight is 699 g/mol. The number of allylic oxidation sites excluding steroid dienone is 2. The van der Waals surface area contributed by atoms with Crippen molar-refractivity contribution in [3.8, 4) is 0 Å². The number of aryl methyl sites for hydroxylation is 1. The van der Waals surface area contributed by atoms with Crippen LogP contribution in [0.25, 0.3) is 0 Å². The Hall–Kier alpha value is -3.00. The van der Waals surface area contributed by atoms with Crippen molar-refractivity contribution in [3.05, 3.63) is 59.4 Å². The molecule has 10 atom stereocenters. The summed E-state index contributed by atoms with van der Waals surface area (Å²) in [6, 6.07) is 9.14. The Morgan fingerprint density at radius 2 is 1.73 bits per heavy atom. The van der Waals surface area contributed by atoms with Gasteiger partial charge in [0.2, 0.25) is 0 Å². The number of aliphatic hydroxyl groups is 1. The highest BCUT2D eigenvalue weighted by molar-refractivity contribution is 5.94. The largest absolute Gasteiger partial charge is 0.465 e. The van der Waals surface area contributed by atoms with E-state index in [-0.39, 0.29) is 45.6 Å². The fourth-order valence-electron chi connectivity index (χ4n) is 12.8. The van der Waals surface area contributed by atoms with Gasteiger partial charge >= 0.3 is 5.97 Å². The van der Waals surface area contributed by atoms with E-state index in [1.807, 2.05) is 24.4 Å². The minimum atomic E-state index is -0.462. The predicted molar refractivity (Wildman–Crippen MR) is 198 cm³/mol. The number of ether oxygens (including phenoxy) is 1. The smallest absolute Gasteiger partial charge is 0.312 e. The molecule has 8 heteroatoms. The monoisotopic (exact) mass is 698 g/mol. The molecular weight excluding hydrogens is 636 g/mol. The van der Waals surface area contributed by atoms with Gasteiger partial charge in [0.25, 0.3) is 5.91 Å². The van der Waals surface area contributed by atoms with E-state index in [9.17, 15) is 14.7 Å². The van der Waals surface area contributed by atoms with E-state index in [1.54, 1.807) is 22.4 Å². The summed E-state index contributed by atoms with van der Waals surface area (Å²) in [5.41, 5.74) is 2.77. The molecule has 1 amide bonds. The SMILES string of the molecule is C[C@H]1[C@H](C)CC[C@]2(C(=O)OCCCn3cc(CNC(=O)c4ccccc4)nn3)CC[C@]3(C)C(=CC[C@@H]4[C@@]5(C)CC[C@H](O)C(C)(C)C5CC[C@]43C)[C@H]12. The molecule has 1 aromatic heterocycles. The molecule has 0 bridgehead atoms. The second-order valence-corrected chi connectivity index (χ2v) is 18.7. The second kappa shape index (κ2) is 13.1. The van der Waals surface area contributed by atoms with Crippen molar-refractivity contribution in [2.24, 2.45) is 56.7 Å². The van der Waals surface area contributed by atoms with Gasteiger partial charge in [-0.15, -0.1) is 5.10 Å². The van der Waals surface area contributed by atoms with Gasteiger partial charge in [-0.2, -0.15) is 0 Å². The molecule has 0 radical (unpaired) electrons. The van der Waals surface area contributed by atoms with Crippen molar-refractivity contribution in [3.63, 3.8) is 0 Å². The Bertz CT molecular complexity index is 1650. The molecule has 1 heterocycles. The van der Waals surface area contributed by atoms with E-state index in [1.165, 1.54) is 12.8 Å². The van der Waals surface area contributed by atoms with Crippen LogP contribution in [0.15, 0.2) is 48.2 Å². The van der Waals surface area contributed by atoms with Crippen LogP contribution in [0.3, 0.4) is 0 Å². The first-order valence-corrected chi connectivity index (χ1v) is 20.0. The van der Waals surface area contributed by atoms with Crippen LogP contribution in [0.4, 0.5) is 0 Å². The molecule has 1 aromatic carbocycles. The Kier molecular flexibility index (Phi) is 9.37. The van der Waals surface area contributed by atoms with Crippen LogP contribution in [0, 0.1) is 56.7 Å². The zero-order chi connectivity index (χ0) is 36.4. The number of rotatable bonds is 8. The normalized spacial score (nSPS) is 39.7. The van der Waals surface area contributed by atoms with Crippen molar-refractivity contribution in [2.45, 2.75) is 132 Å². The molecule has 5 aliphatic rings.